The molecule has 23 heavy (non-hydrogen) atoms. The first-order chi connectivity index (χ1) is 11.1. The normalized spacial score (nSPS) is 18.9. The highest BCUT2D eigenvalue weighted by Gasteiger charge is 2.30. The molecule has 1 heterocycles. The summed E-state index contributed by atoms with van der Waals surface area (Å²) in [7, 11) is 1.98. The Balaban J connectivity index is 1.83. The first-order valence-corrected chi connectivity index (χ1v) is 7.87. The van der Waals surface area contributed by atoms with Crippen LogP contribution in [-0.4, -0.2) is 42.4 Å². The molecule has 0 aromatic heterocycles. The molecule has 1 amide bonds. The van der Waals surface area contributed by atoms with Crippen LogP contribution in [0.25, 0.3) is 0 Å². The minimum absolute atomic E-state index is 0.0168. The van der Waals surface area contributed by atoms with E-state index in [9.17, 15) is 9.18 Å². The van der Waals surface area contributed by atoms with Crippen LogP contribution in [0.2, 0.25) is 0 Å². The van der Waals surface area contributed by atoms with Crippen molar-refractivity contribution in [3.05, 3.63) is 71.0 Å². The average Bonchev–Trinajstić information content (AvgIpc) is 2.55. The number of carbonyl (C=O) groups is 1. The van der Waals surface area contributed by atoms with E-state index in [1.807, 2.05) is 49.2 Å². The van der Waals surface area contributed by atoms with Crippen molar-refractivity contribution in [1.82, 2.24) is 9.80 Å². The number of hydrogen-bond acceptors (Lipinski definition) is 2. The lowest BCUT2D eigenvalue weighted by molar-refractivity contribution is 0.0540. The molecule has 0 N–H and O–H groups in total. The highest BCUT2D eigenvalue weighted by molar-refractivity contribution is 5.94. The van der Waals surface area contributed by atoms with Gasteiger partial charge in [-0.25, -0.2) is 4.39 Å². The number of halogens is 1. The maximum Gasteiger partial charge on any atom is 0.253 e. The Morgan fingerprint density at radius 3 is 2.65 bits per heavy atom. The Labute approximate surface area is 136 Å². The van der Waals surface area contributed by atoms with Gasteiger partial charge in [0.15, 0.2) is 0 Å². The summed E-state index contributed by atoms with van der Waals surface area (Å²) < 4.78 is 14.1. The molecule has 1 saturated heterocycles. The SMILES string of the molecule is Cc1cccc(C(=O)N2CCN(C)C(c3ccccc3F)C2)c1. The van der Waals surface area contributed by atoms with Gasteiger partial charge in [0.2, 0.25) is 0 Å². The van der Waals surface area contributed by atoms with Crippen LogP contribution >= 0.6 is 0 Å². The largest absolute Gasteiger partial charge is 0.335 e. The topological polar surface area (TPSA) is 23.6 Å². The predicted octanol–water partition coefficient (Wildman–Crippen LogP) is 3.26. The highest BCUT2D eigenvalue weighted by Crippen LogP contribution is 2.27. The Morgan fingerprint density at radius 1 is 1.13 bits per heavy atom. The van der Waals surface area contributed by atoms with E-state index < -0.39 is 0 Å². The van der Waals surface area contributed by atoms with Gasteiger partial charge in [-0.1, -0.05) is 35.9 Å². The lowest BCUT2D eigenvalue weighted by Crippen LogP contribution is -2.49. The number of likely N-dealkylation sites (N-methyl/N-ethyl adjacent to an activating group) is 1. The fraction of sp³-hybridized carbons (Fsp3) is 0.316. The molecule has 1 fully saturated rings. The third kappa shape index (κ3) is 3.27. The maximum absolute atomic E-state index is 14.1. The van der Waals surface area contributed by atoms with Crippen LogP contribution < -0.4 is 0 Å². The summed E-state index contributed by atoms with van der Waals surface area (Å²) in [6, 6.07) is 14.3. The molecule has 2 aromatic rings. The molecular weight excluding hydrogens is 291 g/mol. The van der Waals surface area contributed by atoms with Gasteiger partial charge in [0.25, 0.3) is 5.91 Å². The smallest absolute Gasteiger partial charge is 0.253 e. The molecule has 0 spiro atoms. The summed E-state index contributed by atoms with van der Waals surface area (Å²) in [6.45, 7) is 3.87. The molecule has 0 bridgehead atoms. The van der Waals surface area contributed by atoms with Crippen molar-refractivity contribution in [3.63, 3.8) is 0 Å². The molecule has 0 aliphatic carbocycles. The second-order valence-electron chi connectivity index (χ2n) is 6.14. The third-order valence-electron chi connectivity index (χ3n) is 4.46. The third-order valence-corrected chi connectivity index (χ3v) is 4.46. The lowest BCUT2D eigenvalue weighted by Gasteiger charge is -2.39. The standard InChI is InChI=1S/C19H21FN2O/c1-14-6-5-7-15(12-14)19(23)22-11-10-21(2)18(13-22)16-8-3-4-9-17(16)20/h3-9,12,18H,10-11,13H2,1-2H3. The Kier molecular flexibility index (Phi) is 4.44. The van der Waals surface area contributed by atoms with E-state index in [1.54, 1.807) is 12.1 Å². The van der Waals surface area contributed by atoms with Crippen molar-refractivity contribution in [1.29, 1.82) is 0 Å². The average molecular weight is 312 g/mol. The number of nitrogens with zero attached hydrogens (tertiary/aromatic N) is 2. The van der Waals surface area contributed by atoms with E-state index in [2.05, 4.69) is 4.90 Å². The van der Waals surface area contributed by atoms with Crippen molar-refractivity contribution in [2.24, 2.45) is 0 Å². The first-order valence-electron chi connectivity index (χ1n) is 7.87. The molecule has 3 nitrogen and oxygen atoms in total. The summed E-state index contributed by atoms with van der Waals surface area (Å²) >= 11 is 0. The number of hydrogen-bond donors (Lipinski definition) is 0. The van der Waals surface area contributed by atoms with Gasteiger partial charge < -0.3 is 4.90 Å². The molecule has 120 valence electrons. The van der Waals surface area contributed by atoms with Gasteiger partial charge in [-0.15, -0.1) is 0 Å². The lowest BCUT2D eigenvalue weighted by atomic mass is 10.0. The zero-order valence-corrected chi connectivity index (χ0v) is 13.5. The van der Waals surface area contributed by atoms with E-state index in [-0.39, 0.29) is 17.8 Å². The molecule has 2 aromatic carbocycles. The minimum atomic E-state index is -0.214. The molecular formula is C19H21FN2O. The van der Waals surface area contributed by atoms with Gasteiger partial charge in [-0.3, -0.25) is 9.69 Å². The van der Waals surface area contributed by atoms with Gasteiger partial charge in [-0.2, -0.15) is 0 Å². The Bertz CT molecular complexity index is 716. The van der Waals surface area contributed by atoms with E-state index in [0.717, 1.165) is 12.1 Å². The van der Waals surface area contributed by atoms with Crippen LogP contribution in [0.5, 0.6) is 0 Å². The summed E-state index contributed by atoms with van der Waals surface area (Å²) in [5, 5.41) is 0. The van der Waals surface area contributed by atoms with Crippen LogP contribution in [0.15, 0.2) is 48.5 Å². The first kappa shape index (κ1) is 15.7. The maximum atomic E-state index is 14.1. The molecule has 1 aliphatic heterocycles. The Morgan fingerprint density at radius 2 is 1.91 bits per heavy atom. The fourth-order valence-electron chi connectivity index (χ4n) is 3.10. The summed E-state index contributed by atoms with van der Waals surface area (Å²) in [5.41, 5.74) is 2.41. The number of carbonyl (C=O) groups excluding carboxylic acids is 1. The zero-order chi connectivity index (χ0) is 16.4. The highest BCUT2D eigenvalue weighted by atomic mass is 19.1. The second-order valence-corrected chi connectivity index (χ2v) is 6.14. The number of piperazine rings is 1. The summed E-state index contributed by atoms with van der Waals surface area (Å²) in [4.78, 5) is 16.7. The van der Waals surface area contributed by atoms with Crippen molar-refractivity contribution < 1.29 is 9.18 Å². The minimum Gasteiger partial charge on any atom is -0.335 e. The van der Waals surface area contributed by atoms with Crippen LogP contribution in [0, 0.1) is 12.7 Å². The molecule has 0 saturated carbocycles. The predicted molar refractivity (Wildman–Crippen MR) is 88.9 cm³/mol. The fourth-order valence-corrected chi connectivity index (χ4v) is 3.10. The van der Waals surface area contributed by atoms with E-state index in [0.29, 0.717) is 24.2 Å². The number of aryl methyl sites for hydroxylation is 1. The molecule has 1 unspecified atom stereocenters. The van der Waals surface area contributed by atoms with Crippen LogP contribution in [0.4, 0.5) is 4.39 Å². The molecule has 1 aliphatic rings. The monoisotopic (exact) mass is 312 g/mol. The quantitative estimate of drug-likeness (QED) is 0.850. The summed E-state index contributed by atoms with van der Waals surface area (Å²) in [5.74, 6) is -0.197. The van der Waals surface area contributed by atoms with Crippen LogP contribution in [-0.2, 0) is 0 Å². The zero-order valence-electron chi connectivity index (χ0n) is 13.5. The van der Waals surface area contributed by atoms with Crippen molar-refractivity contribution in [3.8, 4) is 0 Å². The van der Waals surface area contributed by atoms with Crippen LogP contribution in [0.1, 0.15) is 27.5 Å². The van der Waals surface area contributed by atoms with Gasteiger partial charge in [0, 0.05) is 30.8 Å². The number of benzene rings is 2. The van der Waals surface area contributed by atoms with E-state index in [1.165, 1.54) is 6.07 Å². The number of rotatable bonds is 2. The van der Waals surface area contributed by atoms with Crippen molar-refractivity contribution >= 4 is 5.91 Å². The molecule has 3 rings (SSSR count). The molecule has 0 radical (unpaired) electrons. The Hall–Kier alpha value is -2.20. The number of amides is 1. The van der Waals surface area contributed by atoms with E-state index in [4.69, 9.17) is 0 Å². The molecule has 4 heteroatoms. The molecule has 1 atom stereocenters. The van der Waals surface area contributed by atoms with Crippen molar-refractivity contribution in [2.75, 3.05) is 26.7 Å². The second kappa shape index (κ2) is 6.50. The van der Waals surface area contributed by atoms with Crippen LogP contribution in [0.3, 0.4) is 0 Å². The van der Waals surface area contributed by atoms with Gasteiger partial charge in [-0.05, 0) is 32.2 Å². The summed E-state index contributed by atoms with van der Waals surface area (Å²) in [6.07, 6.45) is 0. The van der Waals surface area contributed by atoms with Crippen molar-refractivity contribution in [2.45, 2.75) is 13.0 Å². The van der Waals surface area contributed by atoms with E-state index >= 15 is 0 Å². The van der Waals surface area contributed by atoms with Gasteiger partial charge in [0.1, 0.15) is 5.82 Å². The van der Waals surface area contributed by atoms with Gasteiger partial charge >= 0.3 is 0 Å². The van der Waals surface area contributed by atoms with Gasteiger partial charge in [0.05, 0.1) is 6.04 Å².